The number of carbonyl (C=O) groups excluding carboxylic acids is 1. The van der Waals surface area contributed by atoms with E-state index in [-0.39, 0.29) is 18.6 Å². The number of hydrogen-bond acceptors (Lipinski definition) is 4. The lowest BCUT2D eigenvalue weighted by atomic mass is 10.2. The van der Waals surface area contributed by atoms with Gasteiger partial charge in [-0.2, -0.15) is 0 Å². The first-order valence-corrected chi connectivity index (χ1v) is 6.23. The van der Waals surface area contributed by atoms with E-state index in [1.54, 1.807) is 13.3 Å². The molecule has 0 aliphatic rings. The predicted octanol–water partition coefficient (Wildman–Crippen LogP) is 1.92. The number of carbonyl (C=O) groups is 1. The van der Waals surface area contributed by atoms with Crippen LogP contribution in [-0.4, -0.2) is 30.6 Å². The molecule has 1 aromatic heterocycles. The molecule has 0 N–H and O–H groups in total. The summed E-state index contributed by atoms with van der Waals surface area (Å²) < 4.78 is 5.11. The molecule has 1 aromatic rings. The highest BCUT2D eigenvalue weighted by molar-refractivity contribution is 7.13. The molecule has 0 radical (unpaired) electrons. The fourth-order valence-corrected chi connectivity index (χ4v) is 1.94. The highest BCUT2D eigenvalue weighted by atomic mass is 32.1. The molecule has 0 saturated carbocycles. The van der Waals surface area contributed by atoms with Crippen LogP contribution in [0.3, 0.4) is 0 Å². The molecule has 0 saturated heterocycles. The molecule has 0 aromatic carbocycles. The zero-order chi connectivity index (χ0) is 12.7. The van der Waals surface area contributed by atoms with E-state index in [4.69, 9.17) is 11.2 Å². The summed E-state index contributed by atoms with van der Waals surface area (Å²) in [5.41, 5.74) is 0. The molecule has 0 aliphatic heterocycles. The molecule has 1 amide bonds. The Bertz CT molecular complexity index is 384. The van der Waals surface area contributed by atoms with Crippen molar-refractivity contribution in [2.75, 3.05) is 18.6 Å². The standard InChI is InChI=1S/C12H16N2O2S/c1-4-8-14(12-13-7-9-17-12)11(15)6-5-10(2)16-3/h1,7,9-10H,5-6,8H2,2-3H3/t10-/m0/s1. The molecule has 0 aliphatic carbocycles. The van der Waals surface area contributed by atoms with Gasteiger partial charge in [0.1, 0.15) is 0 Å². The first-order chi connectivity index (χ1) is 8.19. The van der Waals surface area contributed by atoms with Gasteiger partial charge in [0.15, 0.2) is 5.13 Å². The molecular weight excluding hydrogens is 236 g/mol. The van der Waals surface area contributed by atoms with Crippen molar-refractivity contribution in [3.63, 3.8) is 0 Å². The summed E-state index contributed by atoms with van der Waals surface area (Å²) in [6.07, 6.45) is 8.09. The Balaban J connectivity index is 2.59. The maximum Gasteiger partial charge on any atom is 0.229 e. The van der Waals surface area contributed by atoms with Gasteiger partial charge < -0.3 is 4.74 Å². The number of amides is 1. The molecule has 92 valence electrons. The van der Waals surface area contributed by atoms with Gasteiger partial charge in [0, 0.05) is 25.1 Å². The van der Waals surface area contributed by atoms with E-state index in [2.05, 4.69) is 10.9 Å². The summed E-state index contributed by atoms with van der Waals surface area (Å²) in [5.74, 6) is 2.47. The minimum atomic E-state index is -0.0122. The second-order valence-electron chi connectivity index (χ2n) is 3.58. The molecular formula is C12H16N2O2S. The second-order valence-corrected chi connectivity index (χ2v) is 4.46. The molecule has 1 rings (SSSR count). The van der Waals surface area contributed by atoms with E-state index >= 15 is 0 Å². The van der Waals surface area contributed by atoms with Gasteiger partial charge >= 0.3 is 0 Å². The molecule has 0 spiro atoms. The molecule has 4 nitrogen and oxygen atoms in total. The fraction of sp³-hybridized carbons (Fsp3) is 0.500. The van der Waals surface area contributed by atoms with E-state index in [0.29, 0.717) is 18.0 Å². The SMILES string of the molecule is C#CCN(C(=O)CC[C@H](C)OC)c1nccs1. The summed E-state index contributed by atoms with van der Waals surface area (Å²) >= 11 is 1.41. The van der Waals surface area contributed by atoms with Crippen LogP contribution < -0.4 is 4.90 Å². The number of methoxy groups -OCH3 is 1. The van der Waals surface area contributed by atoms with Crippen LogP contribution >= 0.6 is 11.3 Å². The van der Waals surface area contributed by atoms with Gasteiger partial charge in [-0.05, 0) is 13.3 Å². The van der Waals surface area contributed by atoms with Crippen molar-refractivity contribution in [2.45, 2.75) is 25.9 Å². The first kappa shape index (κ1) is 13.7. The Morgan fingerprint density at radius 1 is 1.76 bits per heavy atom. The van der Waals surface area contributed by atoms with Gasteiger partial charge in [0.2, 0.25) is 5.91 Å². The van der Waals surface area contributed by atoms with Crippen LogP contribution in [0.2, 0.25) is 0 Å². The number of thiazole rings is 1. The number of terminal acetylenes is 1. The summed E-state index contributed by atoms with van der Waals surface area (Å²) in [7, 11) is 1.63. The lowest BCUT2D eigenvalue weighted by Gasteiger charge is -2.18. The van der Waals surface area contributed by atoms with Crippen molar-refractivity contribution in [2.24, 2.45) is 0 Å². The fourth-order valence-electron chi connectivity index (χ4n) is 1.28. The van der Waals surface area contributed by atoms with Gasteiger partial charge in [-0.15, -0.1) is 17.8 Å². The monoisotopic (exact) mass is 252 g/mol. The van der Waals surface area contributed by atoms with Crippen LogP contribution in [-0.2, 0) is 9.53 Å². The molecule has 0 fully saturated rings. The zero-order valence-electron chi connectivity index (χ0n) is 10.0. The average molecular weight is 252 g/mol. The topological polar surface area (TPSA) is 42.4 Å². The first-order valence-electron chi connectivity index (χ1n) is 5.35. The van der Waals surface area contributed by atoms with Crippen molar-refractivity contribution in [3.8, 4) is 12.3 Å². The van der Waals surface area contributed by atoms with E-state index in [1.807, 2.05) is 12.3 Å². The summed E-state index contributed by atoms with van der Waals surface area (Å²) in [6, 6.07) is 0. The normalized spacial score (nSPS) is 11.8. The zero-order valence-corrected chi connectivity index (χ0v) is 10.9. The number of ether oxygens (including phenoxy) is 1. The smallest absolute Gasteiger partial charge is 0.229 e. The number of rotatable bonds is 6. The lowest BCUT2D eigenvalue weighted by molar-refractivity contribution is -0.119. The van der Waals surface area contributed by atoms with E-state index in [9.17, 15) is 4.79 Å². The van der Waals surface area contributed by atoms with Crippen LogP contribution in [0, 0.1) is 12.3 Å². The Kier molecular flexibility index (Phi) is 5.67. The maximum atomic E-state index is 12.0. The Labute approximate surface area is 106 Å². The summed E-state index contributed by atoms with van der Waals surface area (Å²) in [5, 5.41) is 2.47. The average Bonchev–Trinajstić information content (AvgIpc) is 2.86. The Morgan fingerprint density at radius 2 is 2.53 bits per heavy atom. The number of hydrogen-bond donors (Lipinski definition) is 0. The van der Waals surface area contributed by atoms with Crippen LogP contribution in [0.15, 0.2) is 11.6 Å². The van der Waals surface area contributed by atoms with Crippen molar-refractivity contribution in [1.82, 2.24) is 4.98 Å². The van der Waals surface area contributed by atoms with E-state index in [0.717, 1.165) is 0 Å². The van der Waals surface area contributed by atoms with Crippen LogP contribution in [0.4, 0.5) is 5.13 Å². The third kappa shape index (κ3) is 4.17. The third-order valence-corrected chi connectivity index (χ3v) is 3.16. The molecule has 1 atom stereocenters. The van der Waals surface area contributed by atoms with Gasteiger partial charge in [-0.1, -0.05) is 5.92 Å². The molecule has 5 heteroatoms. The quantitative estimate of drug-likeness (QED) is 0.726. The van der Waals surface area contributed by atoms with Crippen LogP contribution in [0.5, 0.6) is 0 Å². The third-order valence-electron chi connectivity index (χ3n) is 2.37. The maximum absolute atomic E-state index is 12.0. The van der Waals surface area contributed by atoms with Crippen molar-refractivity contribution < 1.29 is 9.53 Å². The molecule has 17 heavy (non-hydrogen) atoms. The highest BCUT2D eigenvalue weighted by Gasteiger charge is 2.17. The van der Waals surface area contributed by atoms with Crippen molar-refractivity contribution in [1.29, 1.82) is 0 Å². The Morgan fingerprint density at radius 3 is 3.06 bits per heavy atom. The van der Waals surface area contributed by atoms with Gasteiger partial charge in [0.25, 0.3) is 0 Å². The van der Waals surface area contributed by atoms with Crippen molar-refractivity contribution >= 4 is 22.4 Å². The van der Waals surface area contributed by atoms with Gasteiger partial charge in [-0.3, -0.25) is 9.69 Å². The molecule has 0 bridgehead atoms. The van der Waals surface area contributed by atoms with Crippen LogP contribution in [0.1, 0.15) is 19.8 Å². The number of aromatic nitrogens is 1. The largest absolute Gasteiger partial charge is 0.382 e. The minimum absolute atomic E-state index is 0.0122. The van der Waals surface area contributed by atoms with Crippen LogP contribution in [0.25, 0.3) is 0 Å². The molecule has 0 unspecified atom stereocenters. The number of anilines is 1. The number of nitrogens with zero attached hydrogens (tertiary/aromatic N) is 2. The summed E-state index contributed by atoms with van der Waals surface area (Å²) in [4.78, 5) is 17.6. The lowest BCUT2D eigenvalue weighted by Crippen LogP contribution is -2.31. The minimum Gasteiger partial charge on any atom is -0.382 e. The highest BCUT2D eigenvalue weighted by Crippen LogP contribution is 2.18. The van der Waals surface area contributed by atoms with E-state index in [1.165, 1.54) is 16.2 Å². The predicted molar refractivity (Wildman–Crippen MR) is 69.0 cm³/mol. The van der Waals surface area contributed by atoms with Crippen molar-refractivity contribution in [3.05, 3.63) is 11.6 Å². The summed E-state index contributed by atoms with van der Waals surface area (Å²) in [6.45, 7) is 2.19. The second kappa shape index (κ2) is 7.05. The van der Waals surface area contributed by atoms with E-state index < -0.39 is 0 Å². The van der Waals surface area contributed by atoms with Gasteiger partial charge in [0.05, 0.1) is 12.6 Å². The van der Waals surface area contributed by atoms with Gasteiger partial charge in [-0.25, -0.2) is 4.98 Å². The Hall–Kier alpha value is -1.38. The molecule has 1 heterocycles.